The summed E-state index contributed by atoms with van der Waals surface area (Å²) in [6, 6.07) is 5.46. The molecule has 1 heterocycles. The molecule has 0 aromatic heterocycles. The van der Waals surface area contributed by atoms with Gasteiger partial charge < -0.3 is 15.2 Å². The standard InChI is InChI=1S/C11H14ClNO2/c12-9-2-1-8(11(13)5-9)6-15-10-3-4-14-7-10/h1-2,5,10H,3-4,6-7,13H2. The van der Waals surface area contributed by atoms with Crippen LogP contribution in [0.15, 0.2) is 18.2 Å². The summed E-state index contributed by atoms with van der Waals surface area (Å²) in [6.45, 7) is 2.01. The molecule has 15 heavy (non-hydrogen) atoms. The van der Waals surface area contributed by atoms with E-state index in [0.717, 1.165) is 18.6 Å². The fourth-order valence-corrected chi connectivity index (χ4v) is 1.73. The fourth-order valence-electron chi connectivity index (χ4n) is 1.55. The highest BCUT2D eigenvalue weighted by atomic mass is 35.5. The Bertz CT molecular complexity index is 337. The van der Waals surface area contributed by atoms with Crippen molar-refractivity contribution >= 4 is 17.3 Å². The molecular formula is C11H14ClNO2. The number of nitrogens with two attached hydrogens (primary N) is 1. The SMILES string of the molecule is Nc1cc(Cl)ccc1COC1CCOC1. The van der Waals surface area contributed by atoms with Crippen LogP contribution in [0.4, 0.5) is 5.69 Å². The maximum absolute atomic E-state index is 5.81. The Morgan fingerprint density at radius 2 is 2.40 bits per heavy atom. The van der Waals surface area contributed by atoms with Crippen LogP contribution in [-0.4, -0.2) is 19.3 Å². The van der Waals surface area contributed by atoms with Gasteiger partial charge in [0.2, 0.25) is 0 Å². The van der Waals surface area contributed by atoms with E-state index in [4.69, 9.17) is 26.8 Å². The smallest absolute Gasteiger partial charge is 0.0835 e. The van der Waals surface area contributed by atoms with Crippen molar-refractivity contribution in [1.82, 2.24) is 0 Å². The van der Waals surface area contributed by atoms with Gasteiger partial charge in [-0.1, -0.05) is 17.7 Å². The molecule has 1 atom stereocenters. The van der Waals surface area contributed by atoms with E-state index in [1.165, 1.54) is 0 Å². The Labute approximate surface area is 94.1 Å². The molecule has 0 bridgehead atoms. The second-order valence-electron chi connectivity index (χ2n) is 3.64. The summed E-state index contributed by atoms with van der Waals surface area (Å²) in [5, 5.41) is 0.653. The predicted octanol–water partition coefficient (Wildman–Crippen LogP) is 2.23. The van der Waals surface area contributed by atoms with Crippen molar-refractivity contribution in [3.05, 3.63) is 28.8 Å². The first-order valence-electron chi connectivity index (χ1n) is 4.99. The monoisotopic (exact) mass is 227 g/mol. The molecule has 0 amide bonds. The summed E-state index contributed by atoms with van der Waals surface area (Å²) in [5.74, 6) is 0. The van der Waals surface area contributed by atoms with Crippen molar-refractivity contribution in [2.24, 2.45) is 0 Å². The van der Waals surface area contributed by atoms with Gasteiger partial charge >= 0.3 is 0 Å². The molecule has 1 aromatic carbocycles. The van der Waals surface area contributed by atoms with Crippen LogP contribution in [0.25, 0.3) is 0 Å². The first kappa shape index (κ1) is 10.7. The number of nitrogen functional groups attached to an aromatic ring is 1. The summed E-state index contributed by atoms with van der Waals surface area (Å²) < 4.78 is 10.9. The zero-order valence-corrected chi connectivity index (χ0v) is 9.17. The Hall–Kier alpha value is -0.770. The first-order valence-corrected chi connectivity index (χ1v) is 5.37. The lowest BCUT2D eigenvalue weighted by molar-refractivity contribution is 0.0320. The third-order valence-corrected chi connectivity index (χ3v) is 2.71. The van der Waals surface area contributed by atoms with E-state index in [1.54, 1.807) is 6.07 Å². The molecule has 2 N–H and O–H groups in total. The molecule has 1 unspecified atom stereocenters. The van der Waals surface area contributed by atoms with Crippen molar-refractivity contribution < 1.29 is 9.47 Å². The van der Waals surface area contributed by atoms with Gasteiger partial charge in [0.25, 0.3) is 0 Å². The van der Waals surface area contributed by atoms with Crippen LogP contribution < -0.4 is 5.73 Å². The number of ether oxygens (including phenoxy) is 2. The lowest BCUT2D eigenvalue weighted by Gasteiger charge is -2.11. The molecule has 1 fully saturated rings. The van der Waals surface area contributed by atoms with Gasteiger partial charge in [-0.25, -0.2) is 0 Å². The summed E-state index contributed by atoms with van der Waals surface area (Å²) in [6.07, 6.45) is 1.17. The van der Waals surface area contributed by atoms with Gasteiger partial charge in [-0.05, 0) is 18.6 Å². The maximum Gasteiger partial charge on any atom is 0.0835 e. The highest BCUT2D eigenvalue weighted by molar-refractivity contribution is 6.30. The molecule has 3 nitrogen and oxygen atoms in total. The number of hydrogen-bond donors (Lipinski definition) is 1. The topological polar surface area (TPSA) is 44.5 Å². The van der Waals surface area contributed by atoms with Crippen LogP contribution in [0.3, 0.4) is 0 Å². The molecule has 4 heteroatoms. The second kappa shape index (κ2) is 4.84. The van der Waals surface area contributed by atoms with Crippen LogP contribution >= 0.6 is 11.6 Å². The Morgan fingerprint density at radius 3 is 3.07 bits per heavy atom. The van der Waals surface area contributed by atoms with Crippen molar-refractivity contribution in [3.63, 3.8) is 0 Å². The molecule has 0 saturated carbocycles. The van der Waals surface area contributed by atoms with E-state index in [2.05, 4.69) is 0 Å². The summed E-state index contributed by atoms with van der Waals surface area (Å²) in [7, 11) is 0. The zero-order chi connectivity index (χ0) is 10.7. The van der Waals surface area contributed by atoms with Gasteiger partial charge in [0.1, 0.15) is 0 Å². The first-order chi connectivity index (χ1) is 7.25. The Kier molecular flexibility index (Phi) is 3.46. The third-order valence-electron chi connectivity index (χ3n) is 2.47. The largest absolute Gasteiger partial charge is 0.398 e. The van der Waals surface area contributed by atoms with E-state index in [9.17, 15) is 0 Å². The van der Waals surface area contributed by atoms with Crippen molar-refractivity contribution in [2.75, 3.05) is 18.9 Å². The molecule has 0 radical (unpaired) electrons. The number of rotatable bonds is 3. The van der Waals surface area contributed by atoms with E-state index in [0.29, 0.717) is 23.9 Å². The van der Waals surface area contributed by atoms with Gasteiger partial charge in [0.05, 0.1) is 19.3 Å². The number of benzene rings is 1. The summed E-state index contributed by atoms with van der Waals surface area (Å²) >= 11 is 5.80. The summed E-state index contributed by atoms with van der Waals surface area (Å²) in [5.41, 5.74) is 7.47. The summed E-state index contributed by atoms with van der Waals surface area (Å²) in [4.78, 5) is 0. The van der Waals surface area contributed by atoms with E-state index in [1.807, 2.05) is 12.1 Å². The molecule has 82 valence electrons. The maximum atomic E-state index is 5.81. The number of halogens is 1. The van der Waals surface area contributed by atoms with Crippen LogP contribution in [-0.2, 0) is 16.1 Å². The van der Waals surface area contributed by atoms with Gasteiger partial charge in [-0.2, -0.15) is 0 Å². The highest BCUT2D eigenvalue weighted by Crippen LogP contribution is 2.20. The van der Waals surface area contributed by atoms with E-state index >= 15 is 0 Å². The average Bonchev–Trinajstić information content (AvgIpc) is 2.69. The molecule has 1 aliphatic rings. The molecule has 1 aromatic rings. The van der Waals surface area contributed by atoms with Crippen LogP contribution in [0.1, 0.15) is 12.0 Å². The van der Waals surface area contributed by atoms with Gasteiger partial charge in [-0.15, -0.1) is 0 Å². The average molecular weight is 228 g/mol. The minimum atomic E-state index is 0.208. The minimum Gasteiger partial charge on any atom is -0.398 e. The fraction of sp³-hybridized carbons (Fsp3) is 0.455. The minimum absolute atomic E-state index is 0.208. The lowest BCUT2D eigenvalue weighted by atomic mass is 10.2. The molecule has 1 aliphatic heterocycles. The van der Waals surface area contributed by atoms with Crippen LogP contribution in [0.2, 0.25) is 5.02 Å². The van der Waals surface area contributed by atoms with E-state index < -0.39 is 0 Å². The Balaban J connectivity index is 1.92. The van der Waals surface area contributed by atoms with Crippen molar-refractivity contribution in [1.29, 1.82) is 0 Å². The predicted molar refractivity (Wildman–Crippen MR) is 59.9 cm³/mol. The number of anilines is 1. The Morgan fingerprint density at radius 1 is 1.53 bits per heavy atom. The van der Waals surface area contributed by atoms with Gasteiger partial charge in [0.15, 0.2) is 0 Å². The normalized spacial score (nSPS) is 20.7. The second-order valence-corrected chi connectivity index (χ2v) is 4.08. The molecule has 0 spiro atoms. The quantitative estimate of drug-likeness (QED) is 0.806. The molecule has 1 saturated heterocycles. The van der Waals surface area contributed by atoms with Crippen LogP contribution in [0, 0.1) is 0 Å². The molecule has 0 aliphatic carbocycles. The highest BCUT2D eigenvalue weighted by Gasteiger charge is 2.16. The van der Waals surface area contributed by atoms with Crippen LogP contribution in [0.5, 0.6) is 0 Å². The third kappa shape index (κ3) is 2.84. The number of hydrogen-bond acceptors (Lipinski definition) is 3. The van der Waals surface area contributed by atoms with Crippen molar-refractivity contribution in [3.8, 4) is 0 Å². The zero-order valence-electron chi connectivity index (χ0n) is 8.41. The van der Waals surface area contributed by atoms with Gasteiger partial charge in [0, 0.05) is 22.9 Å². The lowest BCUT2D eigenvalue weighted by Crippen LogP contribution is -2.12. The van der Waals surface area contributed by atoms with E-state index in [-0.39, 0.29) is 6.10 Å². The van der Waals surface area contributed by atoms with Gasteiger partial charge in [-0.3, -0.25) is 0 Å². The molecule has 2 rings (SSSR count). The van der Waals surface area contributed by atoms with Crippen molar-refractivity contribution in [2.45, 2.75) is 19.1 Å². The molecular weight excluding hydrogens is 214 g/mol.